The van der Waals surface area contributed by atoms with Crippen LogP contribution in [0.25, 0.3) is 0 Å². The lowest BCUT2D eigenvalue weighted by molar-refractivity contribution is -0.313. The van der Waals surface area contributed by atoms with Gasteiger partial charge in [0.15, 0.2) is 0 Å². The van der Waals surface area contributed by atoms with Crippen molar-refractivity contribution < 1.29 is 19.4 Å². The fourth-order valence-electron chi connectivity index (χ4n) is 1.58. The molecule has 1 aliphatic carbocycles. The lowest BCUT2D eigenvalue weighted by Crippen LogP contribution is -2.39. The summed E-state index contributed by atoms with van der Waals surface area (Å²) in [5.74, 6) is -3.06. The zero-order chi connectivity index (χ0) is 10.6. The topological polar surface area (TPSA) is 66.4 Å². The highest BCUT2D eigenvalue weighted by molar-refractivity contribution is 5.82. The molecule has 0 amide bonds. The van der Waals surface area contributed by atoms with Crippen LogP contribution in [0.15, 0.2) is 12.2 Å². The van der Waals surface area contributed by atoms with E-state index in [9.17, 15) is 14.7 Å². The first-order chi connectivity index (χ1) is 6.66. The monoisotopic (exact) mass is 197 g/mol. The van der Waals surface area contributed by atoms with Crippen LogP contribution in [0.1, 0.15) is 19.8 Å². The Morgan fingerprint density at radius 1 is 1.57 bits per heavy atom. The Labute approximate surface area is 82.6 Å². The lowest BCUT2D eigenvalue weighted by atomic mass is 9.84. The highest BCUT2D eigenvalue weighted by Crippen LogP contribution is 2.25. The summed E-state index contributed by atoms with van der Waals surface area (Å²) in [5, 5.41) is 10.7. The van der Waals surface area contributed by atoms with E-state index in [4.69, 9.17) is 4.74 Å². The molecular weight excluding hydrogens is 184 g/mol. The normalized spacial score (nSPS) is 25.8. The number of rotatable bonds is 3. The highest BCUT2D eigenvalue weighted by atomic mass is 16.5. The van der Waals surface area contributed by atoms with Crippen molar-refractivity contribution in [2.24, 2.45) is 11.8 Å². The van der Waals surface area contributed by atoms with Crippen LogP contribution in [0.3, 0.4) is 0 Å². The van der Waals surface area contributed by atoms with Crippen LogP contribution in [0.2, 0.25) is 0 Å². The van der Waals surface area contributed by atoms with E-state index in [-0.39, 0.29) is 6.61 Å². The van der Waals surface area contributed by atoms with Crippen molar-refractivity contribution in [2.45, 2.75) is 19.8 Å². The molecule has 0 radical (unpaired) electrons. The number of aliphatic carboxylic acids is 1. The molecule has 0 saturated carbocycles. The molecule has 0 N–H and O–H groups in total. The van der Waals surface area contributed by atoms with E-state index >= 15 is 0 Å². The van der Waals surface area contributed by atoms with E-state index in [1.54, 1.807) is 19.1 Å². The molecule has 4 heteroatoms. The molecule has 0 spiro atoms. The first-order valence-electron chi connectivity index (χ1n) is 4.71. The molecule has 0 saturated heterocycles. The average molecular weight is 197 g/mol. The van der Waals surface area contributed by atoms with E-state index in [0.29, 0.717) is 12.8 Å². The van der Waals surface area contributed by atoms with Crippen molar-refractivity contribution in [1.82, 2.24) is 0 Å². The number of hydrogen-bond donors (Lipinski definition) is 0. The molecule has 14 heavy (non-hydrogen) atoms. The van der Waals surface area contributed by atoms with Gasteiger partial charge in [-0.1, -0.05) is 12.2 Å². The van der Waals surface area contributed by atoms with Gasteiger partial charge in [0.25, 0.3) is 0 Å². The summed E-state index contributed by atoms with van der Waals surface area (Å²) in [6.45, 7) is 1.96. The van der Waals surface area contributed by atoms with Gasteiger partial charge < -0.3 is 14.6 Å². The number of allylic oxidation sites excluding steroid dienone is 1. The zero-order valence-electron chi connectivity index (χ0n) is 8.06. The van der Waals surface area contributed by atoms with Crippen LogP contribution in [0, 0.1) is 11.8 Å². The van der Waals surface area contributed by atoms with Gasteiger partial charge in [-0.05, 0) is 19.8 Å². The molecule has 0 aliphatic heterocycles. The van der Waals surface area contributed by atoms with Crippen molar-refractivity contribution in [2.75, 3.05) is 6.61 Å². The summed E-state index contributed by atoms with van der Waals surface area (Å²) in [5.41, 5.74) is 0. The molecular formula is C10H13O4-. The number of hydrogen-bond acceptors (Lipinski definition) is 4. The largest absolute Gasteiger partial charge is 0.550 e. The maximum absolute atomic E-state index is 11.3. The second-order valence-corrected chi connectivity index (χ2v) is 3.21. The second-order valence-electron chi connectivity index (χ2n) is 3.21. The van der Waals surface area contributed by atoms with Crippen LogP contribution in [0.4, 0.5) is 0 Å². The summed E-state index contributed by atoms with van der Waals surface area (Å²) in [4.78, 5) is 22.1. The summed E-state index contributed by atoms with van der Waals surface area (Å²) < 4.78 is 4.78. The number of esters is 1. The maximum Gasteiger partial charge on any atom is 0.313 e. The van der Waals surface area contributed by atoms with Gasteiger partial charge in [-0.3, -0.25) is 4.79 Å². The summed E-state index contributed by atoms with van der Waals surface area (Å²) in [6.07, 6.45) is 4.53. The lowest BCUT2D eigenvalue weighted by Gasteiger charge is -2.26. The molecule has 4 nitrogen and oxygen atoms in total. The number of carbonyl (C=O) groups is 2. The quantitative estimate of drug-likeness (QED) is 0.467. The van der Waals surface area contributed by atoms with Crippen LogP contribution in [-0.2, 0) is 14.3 Å². The van der Waals surface area contributed by atoms with Gasteiger partial charge in [0.2, 0.25) is 0 Å². The van der Waals surface area contributed by atoms with Gasteiger partial charge in [-0.15, -0.1) is 0 Å². The van der Waals surface area contributed by atoms with Gasteiger partial charge in [-0.25, -0.2) is 0 Å². The molecule has 0 aromatic heterocycles. The van der Waals surface area contributed by atoms with Gasteiger partial charge >= 0.3 is 5.97 Å². The smallest absolute Gasteiger partial charge is 0.313 e. The van der Waals surface area contributed by atoms with Crippen LogP contribution in [0.5, 0.6) is 0 Å². The first kappa shape index (κ1) is 10.8. The van der Waals surface area contributed by atoms with Crippen molar-refractivity contribution in [3.05, 3.63) is 12.2 Å². The van der Waals surface area contributed by atoms with Crippen molar-refractivity contribution >= 4 is 11.9 Å². The minimum absolute atomic E-state index is 0.267. The number of carboxylic acid groups (broad SMARTS) is 1. The van der Waals surface area contributed by atoms with E-state index in [0.717, 1.165) is 0 Å². The molecule has 2 unspecified atom stereocenters. The molecule has 1 aliphatic rings. The summed E-state index contributed by atoms with van der Waals surface area (Å²) in [7, 11) is 0. The standard InChI is InChI=1S/C10H14O4/c1-2-14-10(13)8-6-4-3-5-7(8)9(11)12/h4,6-8H,2-3,5H2,1H3,(H,11,12)/p-1. The van der Waals surface area contributed by atoms with Crippen molar-refractivity contribution in [1.29, 1.82) is 0 Å². The van der Waals surface area contributed by atoms with E-state index in [2.05, 4.69) is 0 Å². The van der Waals surface area contributed by atoms with E-state index in [1.807, 2.05) is 0 Å². The minimum Gasteiger partial charge on any atom is -0.550 e. The zero-order valence-corrected chi connectivity index (χ0v) is 8.06. The van der Waals surface area contributed by atoms with Crippen molar-refractivity contribution in [3.8, 4) is 0 Å². The van der Waals surface area contributed by atoms with Gasteiger partial charge in [0.05, 0.1) is 12.5 Å². The Balaban J connectivity index is 2.71. The molecule has 0 aromatic rings. The van der Waals surface area contributed by atoms with E-state index < -0.39 is 23.8 Å². The maximum atomic E-state index is 11.3. The Hall–Kier alpha value is -1.32. The second kappa shape index (κ2) is 4.79. The predicted molar refractivity (Wildman–Crippen MR) is 47.0 cm³/mol. The van der Waals surface area contributed by atoms with Gasteiger partial charge in [0, 0.05) is 11.9 Å². The van der Waals surface area contributed by atoms with Crippen LogP contribution in [-0.4, -0.2) is 18.5 Å². The van der Waals surface area contributed by atoms with Crippen LogP contribution < -0.4 is 5.11 Å². The first-order valence-corrected chi connectivity index (χ1v) is 4.71. The highest BCUT2D eigenvalue weighted by Gasteiger charge is 2.29. The van der Waals surface area contributed by atoms with Gasteiger partial charge in [-0.2, -0.15) is 0 Å². The summed E-state index contributed by atoms with van der Waals surface area (Å²) in [6, 6.07) is 0. The Bertz CT molecular complexity index is 257. The van der Waals surface area contributed by atoms with Gasteiger partial charge in [0.1, 0.15) is 0 Å². The van der Waals surface area contributed by atoms with Crippen molar-refractivity contribution in [3.63, 3.8) is 0 Å². The molecule has 0 aromatic carbocycles. The number of carbonyl (C=O) groups excluding carboxylic acids is 2. The average Bonchev–Trinajstić information content (AvgIpc) is 2.18. The Kier molecular flexibility index (Phi) is 3.68. The Morgan fingerprint density at radius 2 is 2.29 bits per heavy atom. The molecule has 0 heterocycles. The number of ether oxygens (including phenoxy) is 1. The number of carboxylic acids is 1. The van der Waals surface area contributed by atoms with E-state index in [1.165, 1.54) is 0 Å². The molecule has 78 valence electrons. The van der Waals surface area contributed by atoms with Crippen LogP contribution >= 0.6 is 0 Å². The fraction of sp³-hybridized carbons (Fsp3) is 0.600. The molecule has 0 bridgehead atoms. The fourth-order valence-corrected chi connectivity index (χ4v) is 1.58. The molecule has 1 rings (SSSR count). The molecule has 0 fully saturated rings. The third-order valence-electron chi connectivity index (χ3n) is 2.28. The third-order valence-corrected chi connectivity index (χ3v) is 2.28. The molecule has 2 atom stereocenters. The third kappa shape index (κ3) is 2.34. The minimum atomic E-state index is -1.17. The summed E-state index contributed by atoms with van der Waals surface area (Å²) >= 11 is 0. The predicted octanol–water partition coefficient (Wildman–Crippen LogP) is -0.118. The Morgan fingerprint density at radius 3 is 2.86 bits per heavy atom. The SMILES string of the molecule is CCOC(=O)C1C=CCCC1C(=O)[O-].